The van der Waals surface area contributed by atoms with Crippen molar-refractivity contribution in [2.75, 3.05) is 6.61 Å². The predicted molar refractivity (Wildman–Crippen MR) is 34.5 cm³/mol. The quantitative estimate of drug-likeness (QED) is 0.393. The van der Waals surface area contributed by atoms with E-state index in [9.17, 15) is 0 Å². The number of hydrogen-bond donors (Lipinski definition) is 0. The zero-order valence-electron chi connectivity index (χ0n) is 7.07. The molecule has 0 aromatic rings. The maximum atomic E-state index is 5.42. The molecule has 2 saturated heterocycles. The van der Waals surface area contributed by atoms with Gasteiger partial charge in [-0.05, 0) is 6.42 Å². The Balaban J connectivity index is 0.000000605. The first-order valence-corrected chi connectivity index (χ1v) is 3.98. The summed E-state index contributed by atoms with van der Waals surface area (Å²) in [6.07, 6.45) is 2.45. The van der Waals surface area contributed by atoms with Gasteiger partial charge in [0.2, 0.25) is 0 Å². The second-order valence-corrected chi connectivity index (χ2v) is 3.02. The average Bonchev–Trinajstić information content (AvgIpc) is 2.30. The van der Waals surface area contributed by atoms with E-state index in [-0.39, 0.29) is 102 Å². The van der Waals surface area contributed by atoms with Crippen LogP contribution in [0.3, 0.4) is 0 Å². The van der Waals surface area contributed by atoms with E-state index in [1.165, 1.54) is 0 Å². The van der Waals surface area contributed by atoms with Crippen LogP contribution in [0.4, 0.5) is 0 Å². The molecule has 0 spiro atoms. The molecule has 0 saturated carbocycles. The Morgan fingerprint density at radius 3 is 2.58 bits per heavy atom. The van der Waals surface area contributed by atoms with Gasteiger partial charge in [-0.1, -0.05) is 0 Å². The fraction of sp³-hybridized carbons (Fsp3) is 1.00. The van der Waals surface area contributed by atoms with Crippen LogP contribution in [0.15, 0.2) is 0 Å². The molecule has 12 heavy (non-hydrogen) atoms. The maximum absolute atomic E-state index is 5.42. The molecule has 2 heterocycles. The van der Waals surface area contributed by atoms with Crippen LogP contribution >= 0.6 is 0 Å². The molecule has 58 valence electrons. The summed E-state index contributed by atoms with van der Waals surface area (Å²) >= 11 is 2.30. The van der Waals surface area contributed by atoms with E-state index in [1.54, 1.807) is 0 Å². The van der Waals surface area contributed by atoms with Gasteiger partial charge in [0.05, 0.1) is 12.7 Å². The zero-order chi connectivity index (χ0) is 6.97. The Labute approximate surface area is 154 Å². The maximum Gasteiger partial charge on any atom is 0.369 e. The largest absolute Gasteiger partial charge is 0.513 e. The number of rotatable bonds is 1. The molecular formula is C6H9AlO3Ra2. The monoisotopic (exact) mass is 608 g/mol. The second-order valence-electron chi connectivity index (χ2n) is 2.75. The molecule has 0 aromatic carbocycles. The SMILES string of the molecule is [Al][O]C1C[C@H]2CO[C@@H](C1)O2.[Ra].[Ra]. The fourth-order valence-corrected chi connectivity index (χ4v) is 1.69. The van der Waals surface area contributed by atoms with E-state index in [0.29, 0.717) is 6.10 Å². The Bertz CT molecular complexity index is 126. The second kappa shape index (κ2) is 7.59. The molecule has 3 nitrogen and oxygen atoms in total. The number of fused-ring (bicyclic) bond motifs is 2. The minimum Gasteiger partial charge on any atom is -0.513 e. The van der Waals surface area contributed by atoms with E-state index < -0.39 is 0 Å². The van der Waals surface area contributed by atoms with Crippen molar-refractivity contribution in [1.29, 1.82) is 0 Å². The number of ether oxygens (including phenoxy) is 2. The number of hydrogen-bond acceptors (Lipinski definition) is 3. The molecular weight excluding hydrogens is 599 g/mol. The molecule has 2 bridgehead atoms. The van der Waals surface area contributed by atoms with E-state index >= 15 is 0 Å². The van der Waals surface area contributed by atoms with Gasteiger partial charge in [-0.3, -0.25) is 0 Å². The first-order valence-electron chi connectivity index (χ1n) is 3.51. The van der Waals surface area contributed by atoms with Crippen molar-refractivity contribution in [1.82, 2.24) is 0 Å². The molecule has 6 radical (unpaired) electrons. The van der Waals surface area contributed by atoms with E-state index in [2.05, 4.69) is 16.6 Å². The Hall–Kier alpha value is 3.35. The van der Waals surface area contributed by atoms with Crippen molar-refractivity contribution in [3.05, 3.63) is 0 Å². The molecule has 2 aliphatic heterocycles. The zero-order valence-corrected chi connectivity index (χ0v) is 19.8. The average molecular weight is 608 g/mol. The Morgan fingerprint density at radius 2 is 2.00 bits per heavy atom. The van der Waals surface area contributed by atoms with Gasteiger partial charge >= 0.3 is 16.6 Å². The predicted octanol–water partition coefficient (Wildman–Crippen LogP) is -0.00960. The molecule has 0 aromatic heterocycles. The summed E-state index contributed by atoms with van der Waals surface area (Å²) < 4.78 is 15.8. The normalized spacial score (nSPS) is 38.2. The topological polar surface area (TPSA) is 27.7 Å². The van der Waals surface area contributed by atoms with Crippen molar-refractivity contribution in [2.45, 2.75) is 31.3 Å². The molecule has 0 aliphatic carbocycles. The summed E-state index contributed by atoms with van der Waals surface area (Å²) in [5.74, 6) is 0. The molecule has 2 rings (SSSR count). The van der Waals surface area contributed by atoms with Crippen molar-refractivity contribution in [2.24, 2.45) is 0 Å². The van der Waals surface area contributed by atoms with Gasteiger partial charge in [0, 0.05) is 103 Å². The van der Waals surface area contributed by atoms with Crippen LogP contribution in [0.1, 0.15) is 12.8 Å². The van der Waals surface area contributed by atoms with Crippen LogP contribution in [0.25, 0.3) is 0 Å². The first kappa shape index (κ1) is 15.3. The van der Waals surface area contributed by atoms with Crippen LogP contribution in [-0.4, -0.2) is 41.7 Å². The standard InChI is InChI=1S/C6H9O3.Al.2Ra/c7-4-1-5-3-8-6(2-4)9-5;;;/h4-6H,1-3H2;;;/q-1;+1;;/t4?,5-,6+;;;/m0.../s1. The smallest absolute Gasteiger partial charge is 0.369 e. The van der Waals surface area contributed by atoms with Crippen molar-refractivity contribution < 1.29 is 103 Å². The first-order chi connectivity index (χ1) is 4.88. The van der Waals surface area contributed by atoms with Gasteiger partial charge in [0.25, 0.3) is 0 Å². The summed E-state index contributed by atoms with van der Waals surface area (Å²) in [6, 6.07) is 0. The summed E-state index contributed by atoms with van der Waals surface area (Å²) in [5.41, 5.74) is 0. The Kier molecular flexibility index (Phi) is 9.71. The minimum atomic E-state index is 0. The van der Waals surface area contributed by atoms with Crippen molar-refractivity contribution >= 4 is 16.6 Å². The summed E-state index contributed by atoms with van der Waals surface area (Å²) in [7, 11) is 0. The van der Waals surface area contributed by atoms with E-state index in [0.717, 1.165) is 19.4 Å². The van der Waals surface area contributed by atoms with Gasteiger partial charge in [-0.2, -0.15) is 0 Å². The third-order valence-electron chi connectivity index (χ3n) is 1.99. The van der Waals surface area contributed by atoms with E-state index in [4.69, 9.17) is 13.3 Å². The van der Waals surface area contributed by atoms with Gasteiger partial charge in [0.15, 0.2) is 6.29 Å². The fourth-order valence-electron chi connectivity index (χ4n) is 1.47. The third kappa shape index (κ3) is 4.07. The van der Waals surface area contributed by atoms with Gasteiger partial charge < -0.3 is 13.3 Å². The molecule has 3 atom stereocenters. The molecule has 0 amide bonds. The summed E-state index contributed by atoms with van der Waals surface area (Å²) in [5, 5.41) is 0. The van der Waals surface area contributed by atoms with Crippen molar-refractivity contribution in [3.63, 3.8) is 0 Å². The van der Waals surface area contributed by atoms with Gasteiger partial charge in [-0.25, -0.2) is 0 Å². The van der Waals surface area contributed by atoms with Gasteiger partial charge in [0.1, 0.15) is 0 Å². The van der Waals surface area contributed by atoms with Crippen molar-refractivity contribution in [3.8, 4) is 0 Å². The third-order valence-corrected chi connectivity index (χ3v) is 2.37. The van der Waals surface area contributed by atoms with Crippen LogP contribution < -0.4 is 0 Å². The van der Waals surface area contributed by atoms with Crippen LogP contribution in [0, 0.1) is 90.0 Å². The molecule has 2 aliphatic rings. The molecule has 0 N–H and O–H groups in total. The Morgan fingerprint density at radius 1 is 1.25 bits per heavy atom. The molecule has 1 unspecified atom stereocenters. The molecule has 6 heteroatoms. The van der Waals surface area contributed by atoms with E-state index in [1.807, 2.05) is 0 Å². The van der Waals surface area contributed by atoms with Crippen LogP contribution in [-0.2, 0) is 13.3 Å². The van der Waals surface area contributed by atoms with Crippen LogP contribution in [0.5, 0.6) is 0 Å². The van der Waals surface area contributed by atoms with Gasteiger partial charge in [-0.15, -0.1) is 0 Å². The minimum absolute atomic E-state index is 0. The summed E-state index contributed by atoms with van der Waals surface area (Å²) in [4.78, 5) is 0. The molecule has 2 fully saturated rings. The summed E-state index contributed by atoms with van der Waals surface area (Å²) in [6.45, 7) is 0.745. The van der Waals surface area contributed by atoms with Crippen LogP contribution in [0.2, 0.25) is 0 Å².